The van der Waals surface area contributed by atoms with Crippen LogP contribution in [0, 0.1) is 0 Å². The lowest BCUT2D eigenvalue weighted by atomic mass is 10.4. The Labute approximate surface area is 61.6 Å². The van der Waals surface area contributed by atoms with Gasteiger partial charge in [0.1, 0.15) is 0 Å². The van der Waals surface area contributed by atoms with Crippen LogP contribution in [0.1, 0.15) is 0 Å². The predicted molar refractivity (Wildman–Crippen MR) is 46.0 cm³/mol. The third-order valence-corrected chi connectivity index (χ3v) is 0.960. The van der Waals surface area contributed by atoms with Crippen molar-refractivity contribution in [1.82, 2.24) is 5.32 Å². The van der Waals surface area contributed by atoms with Crippen LogP contribution in [0.2, 0.25) is 0 Å². The van der Waals surface area contributed by atoms with Gasteiger partial charge in [0.05, 0.1) is 5.70 Å². The Morgan fingerprint density at radius 3 is 2.40 bits per heavy atom. The molecule has 3 heteroatoms. The number of nitrogens with one attached hydrogen (secondary N) is 1. The largest absolute Gasteiger partial charge is 0.387 e. The van der Waals surface area contributed by atoms with Crippen LogP contribution >= 0.6 is 0 Å². The average molecular weight is 139 g/mol. The highest BCUT2D eigenvalue weighted by molar-refractivity contribution is 5.85. The molecule has 0 amide bonds. The molecule has 0 aliphatic carbocycles. The Kier molecular flexibility index (Phi) is 5.33. The molecule has 0 saturated heterocycles. The molecule has 0 spiro atoms. The van der Waals surface area contributed by atoms with Crippen molar-refractivity contribution >= 4 is 12.4 Å². The van der Waals surface area contributed by atoms with Crippen molar-refractivity contribution in [2.24, 2.45) is 9.98 Å². The van der Waals surface area contributed by atoms with Crippen LogP contribution in [0.25, 0.3) is 0 Å². The van der Waals surface area contributed by atoms with Gasteiger partial charge in [-0.15, -0.1) is 0 Å². The molecule has 0 fully saturated rings. The van der Waals surface area contributed by atoms with Gasteiger partial charge >= 0.3 is 0 Å². The van der Waals surface area contributed by atoms with Crippen molar-refractivity contribution < 1.29 is 0 Å². The molecule has 0 rings (SSSR count). The standard InChI is InChI=1S/C7H13N3/c1-8-5-4-7(10-3)6-9-2/h4-6,10H,1-3H3/b7-4+,8-5-,9-6-. The van der Waals surface area contributed by atoms with Crippen LogP contribution in [0.4, 0.5) is 0 Å². The summed E-state index contributed by atoms with van der Waals surface area (Å²) < 4.78 is 0. The molecular weight excluding hydrogens is 126 g/mol. The van der Waals surface area contributed by atoms with Crippen molar-refractivity contribution in [3.8, 4) is 0 Å². The first-order chi connectivity index (χ1) is 4.85. The Morgan fingerprint density at radius 2 is 2.00 bits per heavy atom. The first-order valence-electron chi connectivity index (χ1n) is 3.07. The molecule has 0 aromatic rings. The number of hydrogen-bond donors (Lipinski definition) is 1. The van der Waals surface area contributed by atoms with Crippen molar-refractivity contribution in [3.05, 3.63) is 11.8 Å². The SMILES string of the molecule is C\N=C/C=C(\C=N/C)NC. The second kappa shape index (κ2) is 6.01. The van der Waals surface area contributed by atoms with Crippen LogP contribution < -0.4 is 5.32 Å². The quantitative estimate of drug-likeness (QED) is 0.568. The molecule has 0 heterocycles. The summed E-state index contributed by atoms with van der Waals surface area (Å²) >= 11 is 0. The van der Waals surface area contributed by atoms with Gasteiger partial charge in [0, 0.05) is 33.6 Å². The van der Waals surface area contributed by atoms with Crippen LogP contribution in [0.3, 0.4) is 0 Å². The van der Waals surface area contributed by atoms with E-state index in [1.54, 1.807) is 26.5 Å². The van der Waals surface area contributed by atoms with E-state index < -0.39 is 0 Å². The van der Waals surface area contributed by atoms with Crippen LogP contribution in [-0.4, -0.2) is 33.6 Å². The Morgan fingerprint density at radius 1 is 1.30 bits per heavy atom. The molecule has 0 radical (unpaired) electrons. The molecule has 0 unspecified atom stereocenters. The Bertz CT molecular complexity index is 156. The van der Waals surface area contributed by atoms with E-state index in [2.05, 4.69) is 15.3 Å². The van der Waals surface area contributed by atoms with Gasteiger partial charge in [-0.25, -0.2) is 0 Å². The minimum atomic E-state index is 0.952. The molecule has 3 nitrogen and oxygen atoms in total. The zero-order valence-corrected chi connectivity index (χ0v) is 6.63. The van der Waals surface area contributed by atoms with Gasteiger partial charge in [-0.05, 0) is 6.08 Å². The highest BCUT2D eigenvalue weighted by Crippen LogP contribution is 1.79. The van der Waals surface area contributed by atoms with E-state index in [9.17, 15) is 0 Å². The number of aliphatic imine (C=N–C) groups is 2. The Hall–Kier alpha value is -1.12. The van der Waals surface area contributed by atoms with Crippen LogP contribution in [0.15, 0.2) is 21.8 Å². The maximum absolute atomic E-state index is 3.84. The summed E-state index contributed by atoms with van der Waals surface area (Å²) in [7, 11) is 5.30. The van der Waals surface area contributed by atoms with E-state index in [1.807, 2.05) is 13.1 Å². The second-order valence-electron chi connectivity index (χ2n) is 1.67. The minimum Gasteiger partial charge on any atom is -0.387 e. The van der Waals surface area contributed by atoms with E-state index in [1.165, 1.54) is 0 Å². The first-order valence-corrected chi connectivity index (χ1v) is 3.07. The second-order valence-corrected chi connectivity index (χ2v) is 1.67. The molecule has 0 aliphatic rings. The van der Waals surface area contributed by atoms with Gasteiger partial charge in [0.2, 0.25) is 0 Å². The van der Waals surface area contributed by atoms with Crippen LogP contribution in [-0.2, 0) is 0 Å². The van der Waals surface area contributed by atoms with Crippen molar-refractivity contribution in [2.75, 3.05) is 21.1 Å². The topological polar surface area (TPSA) is 36.8 Å². The molecular formula is C7H13N3. The molecule has 56 valence electrons. The first kappa shape index (κ1) is 8.88. The summed E-state index contributed by atoms with van der Waals surface area (Å²) in [6, 6.07) is 0. The molecule has 0 bridgehead atoms. The Balaban J connectivity index is 4.04. The van der Waals surface area contributed by atoms with Crippen molar-refractivity contribution in [2.45, 2.75) is 0 Å². The molecule has 0 saturated carbocycles. The number of allylic oxidation sites excluding steroid dienone is 2. The zero-order valence-electron chi connectivity index (χ0n) is 6.63. The summed E-state index contributed by atoms with van der Waals surface area (Å²) in [6.45, 7) is 0. The lowest BCUT2D eigenvalue weighted by Crippen LogP contribution is -2.06. The summed E-state index contributed by atoms with van der Waals surface area (Å²) in [5, 5.41) is 2.96. The zero-order chi connectivity index (χ0) is 7.82. The summed E-state index contributed by atoms with van der Waals surface area (Å²) in [4.78, 5) is 7.64. The molecule has 0 aromatic carbocycles. The van der Waals surface area contributed by atoms with Gasteiger partial charge in [-0.3, -0.25) is 9.98 Å². The molecule has 0 aliphatic heterocycles. The van der Waals surface area contributed by atoms with Gasteiger partial charge in [-0.1, -0.05) is 0 Å². The highest BCUT2D eigenvalue weighted by atomic mass is 14.8. The smallest absolute Gasteiger partial charge is 0.0534 e. The van der Waals surface area contributed by atoms with E-state index in [4.69, 9.17) is 0 Å². The van der Waals surface area contributed by atoms with E-state index in [-0.39, 0.29) is 0 Å². The summed E-state index contributed by atoms with van der Waals surface area (Å²) in [5.74, 6) is 0. The molecule has 0 atom stereocenters. The van der Waals surface area contributed by atoms with Crippen molar-refractivity contribution in [3.63, 3.8) is 0 Å². The van der Waals surface area contributed by atoms with Gasteiger partial charge in [-0.2, -0.15) is 0 Å². The predicted octanol–water partition coefficient (Wildman–Crippen LogP) is 0.491. The monoisotopic (exact) mass is 139 g/mol. The van der Waals surface area contributed by atoms with E-state index in [0.717, 1.165) is 5.70 Å². The maximum atomic E-state index is 3.84. The number of rotatable bonds is 3. The molecule has 0 aromatic heterocycles. The molecule has 1 N–H and O–H groups in total. The minimum absolute atomic E-state index is 0.952. The average Bonchev–Trinajstić information content (AvgIpc) is 1.98. The third kappa shape index (κ3) is 3.83. The number of hydrogen-bond acceptors (Lipinski definition) is 3. The van der Waals surface area contributed by atoms with E-state index >= 15 is 0 Å². The fraction of sp³-hybridized carbons (Fsp3) is 0.429. The number of nitrogens with zero attached hydrogens (tertiary/aromatic N) is 2. The van der Waals surface area contributed by atoms with E-state index in [0.29, 0.717) is 0 Å². The van der Waals surface area contributed by atoms with Crippen LogP contribution in [0.5, 0.6) is 0 Å². The fourth-order valence-electron chi connectivity index (χ4n) is 0.485. The fourth-order valence-corrected chi connectivity index (χ4v) is 0.485. The van der Waals surface area contributed by atoms with Crippen molar-refractivity contribution in [1.29, 1.82) is 0 Å². The van der Waals surface area contributed by atoms with Gasteiger partial charge < -0.3 is 5.32 Å². The van der Waals surface area contributed by atoms with Gasteiger partial charge in [0.25, 0.3) is 0 Å². The van der Waals surface area contributed by atoms with Gasteiger partial charge in [0.15, 0.2) is 0 Å². The molecule has 10 heavy (non-hydrogen) atoms. The lowest BCUT2D eigenvalue weighted by molar-refractivity contribution is 1.06. The normalized spacial score (nSPS) is 13.3. The summed E-state index contributed by atoms with van der Waals surface area (Å²) in [5.41, 5.74) is 0.952. The maximum Gasteiger partial charge on any atom is 0.0534 e. The third-order valence-electron chi connectivity index (χ3n) is 0.960. The highest BCUT2D eigenvalue weighted by Gasteiger charge is 1.81. The lowest BCUT2D eigenvalue weighted by Gasteiger charge is -1.94. The summed E-state index contributed by atoms with van der Waals surface area (Å²) in [6.07, 6.45) is 5.31.